The Morgan fingerprint density at radius 1 is 1.24 bits per heavy atom. The number of nitrogens with zero attached hydrogens (tertiary/aromatic N) is 2. The zero-order chi connectivity index (χ0) is 15.0. The maximum Gasteiger partial charge on any atom is 0.140 e. The average molecular weight is 393 g/mol. The van der Waals surface area contributed by atoms with E-state index in [4.69, 9.17) is 10.7 Å². The lowest BCUT2D eigenvalue weighted by Gasteiger charge is -2.25. The molecule has 0 bridgehead atoms. The second kappa shape index (κ2) is 5.91. The Morgan fingerprint density at radius 2 is 2.00 bits per heavy atom. The number of anilines is 1. The zero-order valence-electron chi connectivity index (χ0n) is 12.4. The number of aromatic nitrogens is 2. The SMILES string of the molecule is CC(C)c1nc(C2CCCc3ccccc32)nc(N)c1I. The minimum atomic E-state index is 0.284. The summed E-state index contributed by atoms with van der Waals surface area (Å²) in [6, 6.07) is 8.66. The average Bonchev–Trinajstić information content (AvgIpc) is 2.49. The van der Waals surface area contributed by atoms with Crippen molar-refractivity contribution < 1.29 is 0 Å². The number of aryl methyl sites for hydroxylation is 1. The van der Waals surface area contributed by atoms with Gasteiger partial charge in [-0.15, -0.1) is 0 Å². The van der Waals surface area contributed by atoms with Crippen LogP contribution in [0.3, 0.4) is 0 Å². The molecule has 1 aliphatic carbocycles. The number of benzene rings is 1. The summed E-state index contributed by atoms with van der Waals surface area (Å²) in [5.74, 6) is 2.16. The smallest absolute Gasteiger partial charge is 0.140 e. The van der Waals surface area contributed by atoms with Crippen LogP contribution in [-0.2, 0) is 6.42 Å². The van der Waals surface area contributed by atoms with Crippen molar-refractivity contribution in [3.05, 3.63) is 50.5 Å². The van der Waals surface area contributed by atoms with Crippen LogP contribution in [0.2, 0.25) is 0 Å². The molecule has 3 nitrogen and oxygen atoms in total. The summed E-state index contributed by atoms with van der Waals surface area (Å²) in [4.78, 5) is 9.45. The molecule has 0 spiro atoms. The van der Waals surface area contributed by atoms with Gasteiger partial charge in [0.05, 0.1) is 9.26 Å². The minimum absolute atomic E-state index is 0.284. The lowest BCUT2D eigenvalue weighted by Crippen LogP contribution is -2.17. The van der Waals surface area contributed by atoms with Crippen LogP contribution >= 0.6 is 22.6 Å². The van der Waals surface area contributed by atoms with E-state index in [0.29, 0.717) is 11.7 Å². The van der Waals surface area contributed by atoms with Crippen LogP contribution in [-0.4, -0.2) is 9.97 Å². The fourth-order valence-electron chi connectivity index (χ4n) is 3.06. The van der Waals surface area contributed by atoms with Gasteiger partial charge in [-0.3, -0.25) is 0 Å². The number of nitrogens with two attached hydrogens (primary N) is 1. The second-order valence-corrected chi connectivity index (χ2v) is 7.04. The molecule has 0 radical (unpaired) electrons. The first-order chi connectivity index (χ1) is 10.1. The Morgan fingerprint density at radius 3 is 2.76 bits per heavy atom. The minimum Gasteiger partial charge on any atom is -0.383 e. The van der Waals surface area contributed by atoms with Crippen LogP contribution in [0.25, 0.3) is 0 Å². The molecule has 1 atom stereocenters. The van der Waals surface area contributed by atoms with E-state index in [0.717, 1.165) is 27.9 Å². The molecule has 4 heteroatoms. The third kappa shape index (κ3) is 2.78. The van der Waals surface area contributed by atoms with E-state index < -0.39 is 0 Å². The number of hydrogen-bond acceptors (Lipinski definition) is 3. The van der Waals surface area contributed by atoms with Gasteiger partial charge in [0.15, 0.2) is 0 Å². The molecule has 1 heterocycles. The van der Waals surface area contributed by atoms with Crippen LogP contribution in [0.15, 0.2) is 24.3 Å². The highest BCUT2D eigenvalue weighted by atomic mass is 127. The van der Waals surface area contributed by atoms with Crippen molar-refractivity contribution in [2.45, 2.75) is 44.9 Å². The van der Waals surface area contributed by atoms with Gasteiger partial charge in [-0.25, -0.2) is 9.97 Å². The first-order valence-corrected chi connectivity index (χ1v) is 8.56. The Bertz CT molecular complexity index is 667. The maximum absolute atomic E-state index is 6.13. The summed E-state index contributed by atoms with van der Waals surface area (Å²) in [6.07, 6.45) is 3.45. The highest BCUT2D eigenvalue weighted by molar-refractivity contribution is 14.1. The van der Waals surface area contributed by atoms with Crippen LogP contribution in [0.5, 0.6) is 0 Å². The van der Waals surface area contributed by atoms with Crippen LogP contribution in [0.1, 0.15) is 61.2 Å². The molecule has 2 aromatic rings. The molecular formula is C17H20IN3. The highest BCUT2D eigenvalue weighted by Gasteiger charge is 2.25. The van der Waals surface area contributed by atoms with Gasteiger partial charge in [-0.05, 0) is 58.9 Å². The van der Waals surface area contributed by atoms with Crippen molar-refractivity contribution in [1.82, 2.24) is 9.97 Å². The van der Waals surface area contributed by atoms with Gasteiger partial charge in [-0.1, -0.05) is 38.1 Å². The summed E-state index contributed by atoms with van der Waals surface area (Å²) >= 11 is 2.26. The summed E-state index contributed by atoms with van der Waals surface area (Å²) in [6.45, 7) is 4.31. The van der Waals surface area contributed by atoms with Gasteiger partial charge in [0.2, 0.25) is 0 Å². The lowest BCUT2D eigenvalue weighted by molar-refractivity contribution is 0.585. The summed E-state index contributed by atoms with van der Waals surface area (Å²) in [5, 5.41) is 0. The monoisotopic (exact) mass is 393 g/mol. The summed E-state index contributed by atoms with van der Waals surface area (Å²) in [5.41, 5.74) is 10.0. The maximum atomic E-state index is 6.13. The summed E-state index contributed by atoms with van der Waals surface area (Å²) in [7, 11) is 0. The third-order valence-electron chi connectivity index (χ3n) is 4.15. The first-order valence-electron chi connectivity index (χ1n) is 7.48. The fraction of sp³-hybridized carbons (Fsp3) is 0.412. The standard InChI is InChI=1S/C17H20IN3/c1-10(2)15-14(18)16(19)21-17(20-15)13-9-5-7-11-6-3-4-8-12(11)13/h3-4,6,8,10,13H,5,7,9H2,1-2H3,(H2,19,20,21). The number of halogens is 1. The predicted octanol–water partition coefficient (Wildman–Crippen LogP) is 4.26. The summed E-state index contributed by atoms with van der Waals surface area (Å²) < 4.78 is 0.996. The second-order valence-electron chi connectivity index (χ2n) is 5.96. The quantitative estimate of drug-likeness (QED) is 0.776. The first kappa shape index (κ1) is 14.8. The molecule has 0 aliphatic heterocycles. The normalized spacial score (nSPS) is 17.8. The van der Waals surface area contributed by atoms with E-state index in [1.807, 2.05) is 0 Å². The number of fused-ring (bicyclic) bond motifs is 1. The zero-order valence-corrected chi connectivity index (χ0v) is 14.6. The van der Waals surface area contributed by atoms with Gasteiger partial charge in [0.25, 0.3) is 0 Å². The van der Waals surface area contributed by atoms with Gasteiger partial charge >= 0.3 is 0 Å². The fourth-order valence-corrected chi connectivity index (χ4v) is 3.93. The molecular weight excluding hydrogens is 373 g/mol. The molecule has 2 N–H and O–H groups in total. The Balaban J connectivity index is 2.10. The van der Waals surface area contributed by atoms with Crippen molar-refractivity contribution in [2.75, 3.05) is 5.73 Å². The molecule has 21 heavy (non-hydrogen) atoms. The molecule has 1 aliphatic rings. The van der Waals surface area contributed by atoms with Crippen molar-refractivity contribution in [3.8, 4) is 0 Å². The van der Waals surface area contributed by atoms with Gasteiger partial charge in [0, 0.05) is 5.92 Å². The van der Waals surface area contributed by atoms with Gasteiger partial charge in [0.1, 0.15) is 11.6 Å². The van der Waals surface area contributed by atoms with Gasteiger partial charge in [-0.2, -0.15) is 0 Å². The Hall–Kier alpha value is -1.17. The van der Waals surface area contributed by atoms with E-state index in [9.17, 15) is 0 Å². The number of rotatable bonds is 2. The Kier molecular flexibility index (Phi) is 4.15. The van der Waals surface area contributed by atoms with Crippen molar-refractivity contribution >= 4 is 28.4 Å². The largest absolute Gasteiger partial charge is 0.383 e. The number of hydrogen-bond donors (Lipinski definition) is 1. The molecule has 1 aromatic heterocycles. The molecule has 0 amide bonds. The van der Waals surface area contributed by atoms with E-state index in [2.05, 4.69) is 65.7 Å². The highest BCUT2D eigenvalue weighted by Crippen LogP contribution is 2.36. The van der Waals surface area contributed by atoms with Crippen molar-refractivity contribution in [3.63, 3.8) is 0 Å². The van der Waals surface area contributed by atoms with Crippen molar-refractivity contribution in [2.24, 2.45) is 0 Å². The van der Waals surface area contributed by atoms with E-state index in [1.54, 1.807) is 0 Å². The van der Waals surface area contributed by atoms with Crippen LogP contribution in [0, 0.1) is 3.57 Å². The topological polar surface area (TPSA) is 51.8 Å². The van der Waals surface area contributed by atoms with Crippen LogP contribution in [0.4, 0.5) is 5.82 Å². The van der Waals surface area contributed by atoms with E-state index in [-0.39, 0.29) is 5.92 Å². The Labute approximate surface area is 139 Å². The van der Waals surface area contributed by atoms with Gasteiger partial charge < -0.3 is 5.73 Å². The van der Waals surface area contributed by atoms with Crippen LogP contribution < -0.4 is 5.73 Å². The lowest BCUT2D eigenvalue weighted by atomic mass is 9.82. The molecule has 0 saturated carbocycles. The predicted molar refractivity (Wildman–Crippen MR) is 94.5 cm³/mol. The molecule has 0 fully saturated rings. The molecule has 110 valence electrons. The van der Waals surface area contributed by atoms with Crippen molar-refractivity contribution in [1.29, 1.82) is 0 Å². The molecule has 0 saturated heterocycles. The number of nitrogen functional groups attached to an aromatic ring is 1. The molecule has 3 rings (SSSR count). The van der Waals surface area contributed by atoms with E-state index in [1.165, 1.54) is 17.5 Å². The molecule has 1 aromatic carbocycles. The van der Waals surface area contributed by atoms with E-state index >= 15 is 0 Å². The molecule has 1 unspecified atom stereocenters. The third-order valence-corrected chi connectivity index (χ3v) is 5.25.